The minimum absolute atomic E-state index is 0.228. The van der Waals surface area contributed by atoms with Gasteiger partial charge in [-0.3, -0.25) is 9.59 Å². The van der Waals surface area contributed by atoms with Gasteiger partial charge >= 0.3 is 0 Å². The first-order chi connectivity index (χ1) is 15.9. The second-order valence-corrected chi connectivity index (χ2v) is 9.36. The normalized spacial score (nSPS) is 16.4. The molecule has 1 saturated carbocycles. The molecule has 2 aliphatic rings. The van der Waals surface area contributed by atoms with Gasteiger partial charge in [0.2, 0.25) is 5.91 Å². The van der Waals surface area contributed by atoms with E-state index in [1.165, 1.54) is 18.4 Å². The number of rotatable bonds is 4. The molecule has 1 aliphatic carbocycles. The molecule has 0 aromatic heterocycles. The van der Waals surface area contributed by atoms with Gasteiger partial charge in [0.05, 0.1) is 11.6 Å². The molecule has 0 radical (unpaired) electrons. The van der Waals surface area contributed by atoms with Crippen LogP contribution in [0.5, 0.6) is 0 Å². The van der Waals surface area contributed by atoms with Gasteiger partial charge < -0.3 is 10.2 Å². The second-order valence-electron chi connectivity index (χ2n) is 8.92. The van der Waals surface area contributed by atoms with Gasteiger partial charge in [-0.15, -0.1) is 0 Å². The van der Waals surface area contributed by atoms with Crippen LogP contribution in [0.15, 0.2) is 42.0 Å². The summed E-state index contributed by atoms with van der Waals surface area (Å²) in [5.41, 5.74) is 4.70. The molecule has 5 nitrogen and oxygen atoms in total. The monoisotopic (exact) mass is 461 g/mol. The lowest BCUT2D eigenvalue weighted by Gasteiger charge is -2.30. The van der Waals surface area contributed by atoms with Gasteiger partial charge in [-0.1, -0.05) is 42.2 Å². The van der Waals surface area contributed by atoms with E-state index in [4.69, 9.17) is 16.9 Å². The first-order valence-corrected chi connectivity index (χ1v) is 11.9. The van der Waals surface area contributed by atoms with Crippen molar-refractivity contribution in [2.45, 2.75) is 45.4 Å². The molecule has 33 heavy (non-hydrogen) atoms. The van der Waals surface area contributed by atoms with Crippen molar-refractivity contribution in [1.82, 2.24) is 4.90 Å². The Hall–Kier alpha value is -3.10. The molecule has 0 spiro atoms. The zero-order chi connectivity index (χ0) is 23.4. The van der Waals surface area contributed by atoms with Crippen molar-refractivity contribution in [3.05, 3.63) is 69.2 Å². The maximum absolute atomic E-state index is 12.7. The molecular weight excluding hydrogens is 434 g/mol. The molecule has 4 rings (SSSR count). The Morgan fingerprint density at radius 1 is 1.15 bits per heavy atom. The van der Waals surface area contributed by atoms with Crippen LogP contribution in [0.2, 0.25) is 5.02 Å². The Morgan fingerprint density at radius 3 is 2.58 bits per heavy atom. The number of hydrogen-bond acceptors (Lipinski definition) is 3. The van der Waals surface area contributed by atoms with Crippen molar-refractivity contribution in [2.24, 2.45) is 5.92 Å². The molecule has 1 N–H and O–H groups in total. The number of nitrogens with zero attached hydrogens (tertiary/aromatic N) is 2. The highest BCUT2D eigenvalue weighted by molar-refractivity contribution is 6.31. The fraction of sp³-hybridized carbons (Fsp3) is 0.370. The molecule has 2 aromatic carbocycles. The van der Waals surface area contributed by atoms with Gasteiger partial charge in [-0.2, -0.15) is 5.26 Å². The SMILES string of the molecule is Cc1c(C=C2CCN(C(=O)C3CCCC3)CC2)cc(Cl)cc1NC(=O)c1cccc(C#N)c1. The predicted octanol–water partition coefficient (Wildman–Crippen LogP) is 5.97. The van der Waals surface area contributed by atoms with E-state index in [1.807, 2.05) is 17.9 Å². The van der Waals surface area contributed by atoms with Gasteiger partial charge in [-0.05, 0) is 74.1 Å². The van der Waals surface area contributed by atoms with E-state index in [0.29, 0.717) is 27.7 Å². The van der Waals surface area contributed by atoms with Crippen LogP contribution in [-0.4, -0.2) is 29.8 Å². The highest BCUT2D eigenvalue weighted by Gasteiger charge is 2.28. The van der Waals surface area contributed by atoms with Crippen LogP contribution in [-0.2, 0) is 4.79 Å². The van der Waals surface area contributed by atoms with Crippen LogP contribution >= 0.6 is 11.6 Å². The summed E-state index contributed by atoms with van der Waals surface area (Å²) in [6.07, 6.45) is 8.27. The molecule has 1 heterocycles. The van der Waals surface area contributed by atoms with Crippen LogP contribution in [0, 0.1) is 24.2 Å². The quantitative estimate of drug-likeness (QED) is 0.609. The Morgan fingerprint density at radius 2 is 1.88 bits per heavy atom. The highest BCUT2D eigenvalue weighted by Crippen LogP contribution is 2.31. The van der Waals surface area contributed by atoms with E-state index >= 15 is 0 Å². The summed E-state index contributed by atoms with van der Waals surface area (Å²) in [4.78, 5) is 27.5. The minimum Gasteiger partial charge on any atom is -0.342 e. The molecule has 2 fully saturated rings. The Bertz CT molecular complexity index is 1130. The average molecular weight is 462 g/mol. The lowest BCUT2D eigenvalue weighted by atomic mass is 9.96. The number of nitrogens with one attached hydrogen (secondary N) is 1. The molecule has 0 bridgehead atoms. The summed E-state index contributed by atoms with van der Waals surface area (Å²) in [7, 11) is 0. The lowest BCUT2D eigenvalue weighted by Crippen LogP contribution is -2.39. The molecule has 0 atom stereocenters. The number of anilines is 1. The third-order valence-corrected chi connectivity index (χ3v) is 6.91. The van der Waals surface area contributed by atoms with Crippen LogP contribution in [0.4, 0.5) is 5.69 Å². The number of amides is 2. The van der Waals surface area contributed by atoms with E-state index in [0.717, 1.165) is 49.9 Å². The topological polar surface area (TPSA) is 73.2 Å². The zero-order valence-electron chi connectivity index (χ0n) is 18.9. The number of halogens is 1. The van der Waals surface area contributed by atoms with E-state index in [1.54, 1.807) is 30.3 Å². The number of piperidine rings is 1. The number of benzene rings is 2. The van der Waals surface area contributed by atoms with E-state index in [9.17, 15) is 9.59 Å². The summed E-state index contributed by atoms with van der Waals surface area (Å²) in [6, 6.07) is 12.3. The van der Waals surface area contributed by atoms with Crippen molar-refractivity contribution in [2.75, 3.05) is 18.4 Å². The van der Waals surface area contributed by atoms with Gasteiger partial charge in [0, 0.05) is 35.3 Å². The van der Waals surface area contributed by atoms with Gasteiger partial charge in [0.1, 0.15) is 0 Å². The van der Waals surface area contributed by atoms with Gasteiger partial charge in [-0.25, -0.2) is 0 Å². The largest absolute Gasteiger partial charge is 0.342 e. The summed E-state index contributed by atoms with van der Waals surface area (Å²) in [5.74, 6) is 0.275. The van der Waals surface area contributed by atoms with Gasteiger partial charge in [0.15, 0.2) is 0 Å². The fourth-order valence-corrected chi connectivity index (χ4v) is 4.94. The van der Waals surface area contributed by atoms with Gasteiger partial charge in [0.25, 0.3) is 5.91 Å². The Kier molecular flexibility index (Phi) is 7.15. The summed E-state index contributed by atoms with van der Waals surface area (Å²) in [5, 5.41) is 12.6. The lowest BCUT2D eigenvalue weighted by molar-refractivity contribution is -0.135. The molecule has 170 valence electrons. The van der Waals surface area contributed by atoms with Crippen LogP contribution < -0.4 is 5.32 Å². The van der Waals surface area contributed by atoms with Crippen LogP contribution in [0.1, 0.15) is 65.6 Å². The molecule has 2 amide bonds. The zero-order valence-corrected chi connectivity index (χ0v) is 19.6. The first kappa shape index (κ1) is 23.1. The fourth-order valence-electron chi connectivity index (χ4n) is 4.71. The average Bonchev–Trinajstić information content (AvgIpc) is 3.37. The number of carbonyl (C=O) groups is 2. The Balaban J connectivity index is 1.47. The minimum atomic E-state index is -0.283. The molecule has 6 heteroatoms. The number of carbonyl (C=O) groups excluding carboxylic acids is 2. The van der Waals surface area contributed by atoms with Crippen molar-refractivity contribution in [3.63, 3.8) is 0 Å². The van der Waals surface area contributed by atoms with Crippen LogP contribution in [0.25, 0.3) is 6.08 Å². The predicted molar refractivity (Wildman–Crippen MR) is 131 cm³/mol. The van der Waals surface area contributed by atoms with Crippen LogP contribution in [0.3, 0.4) is 0 Å². The maximum atomic E-state index is 12.7. The standard InChI is InChI=1S/C27H28ClN3O2/c1-18-23(13-19-9-11-31(12-10-19)27(33)21-6-2-3-7-21)15-24(28)16-25(18)30-26(32)22-8-4-5-20(14-22)17-29/h4-5,8,13-16,21H,2-3,6-7,9-12H2,1H3,(H,30,32). The smallest absolute Gasteiger partial charge is 0.255 e. The molecule has 0 unspecified atom stereocenters. The number of hydrogen-bond donors (Lipinski definition) is 1. The first-order valence-electron chi connectivity index (χ1n) is 11.5. The van der Waals surface area contributed by atoms with E-state index < -0.39 is 0 Å². The van der Waals surface area contributed by atoms with Crippen molar-refractivity contribution >= 4 is 35.2 Å². The molecular formula is C27H28ClN3O2. The number of nitriles is 1. The third kappa shape index (κ3) is 5.46. The second kappa shape index (κ2) is 10.2. The third-order valence-electron chi connectivity index (χ3n) is 6.70. The summed E-state index contributed by atoms with van der Waals surface area (Å²) < 4.78 is 0. The summed E-state index contributed by atoms with van der Waals surface area (Å²) >= 11 is 6.38. The van der Waals surface area contributed by atoms with Crippen molar-refractivity contribution < 1.29 is 9.59 Å². The highest BCUT2D eigenvalue weighted by atomic mass is 35.5. The number of likely N-dealkylation sites (tertiary alicyclic amines) is 1. The van der Waals surface area contributed by atoms with E-state index in [-0.39, 0.29) is 11.8 Å². The van der Waals surface area contributed by atoms with Crippen molar-refractivity contribution in [3.8, 4) is 6.07 Å². The van der Waals surface area contributed by atoms with Crippen molar-refractivity contribution in [1.29, 1.82) is 5.26 Å². The molecule has 1 saturated heterocycles. The molecule has 2 aromatic rings. The maximum Gasteiger partial charge on any atom is 0.255 e. The molecule has 1 aliphatic heterocycles. The van der Waals surface area contributed by atoms with E-state index in [2.05, 4.69) is 17.5 Å². The summed E-state index contributed by atoms with van der Waals surface area (Å²) in [6.45, 7) is 3.49. The Labute approximate surface area is 200 Å².